The molecule has 0 saturated heterocycles. The highest BCUT2D eigenvalue weighted by atomic mass is 32.3. The van der Waals surface area contributed by atoms with Gasteiger partial charge in [-0.2, -0.15) is 26.3 Å². The van der Waals surface area contributed by atoms with Crippen LogP contribution in [0, 0.1) is 0 Å². The van der Waals surface area contributed by atoms with Gasteiger partial charge in [-0.15, -0.1) is 0 Å². The minimum atomic E-state index is -6.60. The number of hydrogen-bond donors (Lipinski definition) is 1. The van der Waals surface area contributed by atoms with Gasteiger partial charge in [0.05, 0.1) is 0 Å². The van der Waals surface area contributed by atoms with Crippen LogP contribution in [0.5, 0.6) is 0 Å². The summed E-state index contributed by atoms with van der Waals surface area (Å²) in [6, 6.07) is 0. The van der Waals surface area contributed by atoms with Gasteiger partial charge in [-0.1, -0.05) is 11.1 Å². The zero-order valence-corrected chi connectivity index (χ0v) is 12.0. The molecule has 1 N–H and O–H groups in total. The van der Waals surface area contributed by atoms with E-state index in [4.69, 9.17) is 0 Å². The van der Waals surface area contributed by atoms with Crippen molar-refractivity contribution in [1.29, 1.82) is 0 Å². The molecule has 0 aliphatic rings. The van der Waals surface area contributed by atoms with E-state index in [0.29, 0.717) is 0 Å². The first-order valence-corrected chi connectivity index (χ1v) is 7.50. The van der Waals surface area contributed by atoms with E-state index < -0.39 is 35.2 Å². The highest BCUT2D eigenvalue weighted by Gasteiger charge is 2.55. The van der Waals surface area contributed by atoms with E-state index in [1.54, 1.807) is 0 Å². The molecule has 0 unspecified atom stereocenters. The zero-order chi connectivity index (χ0) is 17.0. The van der Waals surface area contributed by atoms with E-state index in [0.717, 1.165) is 6.54 Å². The van der Waals surface area contributed by atoms with Gasteiger partial charge in [-0.25, -0.2) is 16.8 Å². The summed E-state index contributed by atoms with van der Waals surface area (Å²) in [5, 5.41) is 0. The number of halogens is 6. The van der Waals surface area contributed by atoms with Crippen molar-refractivity contribution < 1.29 is 43.2 Å². The van der Waals surface area contributed by atoms with Gasteiger partial charge in [0.1, 0.15) is 0 Å². The number of nitrogens with one attached hydrogen (secondary N) is 1. The van der Waals surface area contributed by atoms with E-state index in [1.807, 2.05) is 0 Å². The van der Waals surface area contributed by atoms with Crippen LogP contribution in [0.3, 0.4) is 0 Å². The molecule has 124 valence electrons. The maximum absolute atomic E-state index is 11.5. The molecule has 14 heteroatoms. The third-order valence-corrected chi connectivity index (χ3v) is 4.44. The quantitative estimate of drug-likeness (QED) is 0.760. The summed E-state index contributed by atoms with van der Waals surface area (Å²) in [7, 11) is -9.08. The first-order chi connectivity index (χ1) is 8.48. The fourth-order valence-corrected chi connectivity index (χ4v) is 2.15. The van der Waals surface area contributed by atoms with Gasteiger partial charge >= 0.3 is 31.1 Å². The average molecular weight is 354 g/mol. The van der Waals surface area contributed by atoms with E-state index in [9.17, 15) is 43.2 Å². The van der Waals surface area contributed by atoms with Gasteiger partial charge in [-0.3, -0.25) is 0 Å². The Hall–Kier alpha value is -0.600. The second-order valence-electron chi connectivity index (χ2n) is 3.38. The lowest BCUT2D eigenvalue weighted by Crippen LogP contribution is -2.45. The number of nitrogens with zero attached hydrogens (tertiary/aromatic N) is 1. The van der Waals surface area contributed by atoms with Crippen LogP contribution in [0.4, 0.5) is 26.3 Å². The standard InChI is InChI=1S/C4H11N.C2HF6NO4S2/c1-4-5(2)3;3-1(4,5)14(10,11)9-15(12,13)2(6,7)8/h4H2,1-3H3;9H. The van der Waals surface area contributed by atoms with Crippen molar-refractivity contribution in [2.24, 2.45) is 0 Å². The van der Waals surface area contributed by atoms with Crippen LogP contribution in [0.2, 0.25) is 0 Å². The summed E-state index contributed by atoms with van der Waals surface area (Å²) in [6.45, 7) is 3.26. The number of alkyl halides is 6. The molecule has 0 aliphatic carbocycles. The topological polar surface area (TPSA) is 83.6 Å². The fraction of sp³-hybridized carbons (Fsp3) is 1.00. The lowest BCUT2D eigenvalue weighted by Gasteiger charge is -2.11. The van der Waals surface area contributed by atoms with E-state index >= 15 is 0 Å². The van der Waals surface area contributed by atoms with Crippen LogP contribution in [0.1, 0.15) is 6.92 Å². The Morgan fingerprint density at radius 1 is 0.850 bits per heavy atom. The predicted octanol–water partition coefficient (Wildman–Crippen LogP) is 0.843. The van der Waals surface area contributed by atoms with Crippen molar-refractivity contribution in [3.63, 3.8) is 0 Å². The Kier molecular flexibility index (Phi) is 7.49. The lowest BCUT2D eigenvalue weighted by molar-refractivity contribution is -0.0476. The molecule has 0 aromatic carbocycles. The molecule has 0 atom stereocenters. The Labute approximate surface area is 111 Å². The van der Waals surface area contributed by atoms with Crippen LogP contribution in [0.15, 0.2) is 0 Å². The largest absolute Gasteiger partial charge is 0.512 e. The molecule has 0 aromatic rings. The molecule has 0 spiro atoms. The summed E-state index contributed by atoms with van der Waals surface area (Å²) in [5.41, 5.74) is -12.3. The van der Waals surface area contributed by atoms with Gasteiger partial charge in [0.2, 0.25) is 0 Å². The highest BCUT2D eigenvalue weighted by molar-refractivity contribution is 8.05. The van der Waals surface area contributed by atoms with E-state index in [-0.39, 0.29) is 0 Å². The summed E-state index contributed by atoms with van der Waals surface area (Å²) in [6.07, 6.45) is 0. The minimum absolute atomic E-state index is 0.493. The van der Waals surface area contributed by atoms with Gasteiger partial charge in [0.25, 0.3) is 0 Å². The molecule has 0 fully saturated rings. The molecule has 0 aromatic heterocycles. The van der Waals surface area contributed by atoms with Gasteiger partial charge in [0.15, 0.2) is 0 Å². The molecular formula is C6H12F6N2O4S2. The molecule has 0 heterocycles. The zero-order valence-electron chi connectivity index (χ0n) is 10.4. The van der Waals surface area contributed by atoms with Crippen LogP contribution in [-0.2, 0) is 20.0 Å². The second-order valence-corrected chi connectivity index (χ2v) is 6.98. The maximum Gasteiger partial charge on any atom is 0.512 e. The molecule has 0 amide bonds. The Morgan fingerprint density at radius 2 is 1.05 bits per heavy atom. The van der Waals surface area contributed by atoms with Crippen molar-refractivity contribution in [3.8, 4) is 0 Å². The van der Waals surface area contributed by atoms with Crippen molar-refractivity contribution >= 4 is 20.0 Å². The van der Waals surface area contributed by atoms with E-state index in [2.05, 4.69) is 25.9 Å². The second kappa shape index (κ2) is 6.91. The third kappa shape index (κ3) is 7.25. The molecule has 0 bridgehead atoms. The number of sulfonamides is 2. The molecule has 0 rings (SSSR count). The van der Waals surface area contributed by atoms with Crippen molar-refractivity contribution in [1.82, 2.24) is 9.03 Å². The molecule has 0 aliphatic heterocycles. The molecule has 0 radical (unpaired) electrons. The van der Waals surface area contributed by atoms with Gasteiger partial charge in [-0.05, 0) is 20.6 Å². The monoisotopic (exact) mass is 354 g/mol. The highest BCUT2D eigenvalue weighted by Crippen LogP contribution is 2.27. The summed E-state index contributed by atoms with van der Waals surface area (Å²) in [4.78, 5) is 2.12. The van der Waals surface area contributed by atoms with Gasteiger partial charge in [0, 0.05) is 0 Å². The van der Waals surface area contributed by atoms with Crippen molar-refractivity contribution in [2.45, 2.75) is 17.9 Å². The van der Waals surface area contributed by atoms with Crippen molar-refractivity contribution in [2.75, 3.05) is 20.6 Å². The van der Waals surface area contributed by atoms with Crippen LogP contribution < -0.4 is 4.13 Å². The summed E-state index contributed by atoms with van der Waals surface area (Å²) < 4.78 is 108. The number of hydrogen-bond acceptors (Lipinski definition) is 5. The number of rotatable bonds is 3. The molecule has 6 nitrogen and oxygen atoms in total. The Balaban J connectivity index is 0. The van der Waals surface area contributed by atoms with Crippen LogP contribution in [0.25, 0.3) is 0 Å². The first kappa shape index (κ1) is 21.7. The maximum atomic E-state index is 11.5. The van der Waals surface area contributed by atoms with Crippen LogP contribution >= 0.6 is 0 Å². The molecular weight excluding hydrogens is 342 g/mol. The van der Waals surface area contributed by atoms with Gasteiger partial charge < -0.3 is 4.90 Å². The Bertz CT molecular complexity index is 451. The van der Waals surface area contributed by atoms with Crippen LogP contribution in [-0.4, -0.2) is 53.4 Å². The summed E-state index contributed by atoms with van der Waals surface area (Å²) >= 11 is 0. The molecule has 20 heavy (non-hydrogen) atoms. The normalized spacial score (nSPS) is 13.9. The lowest BCUT2D eigenvalue weighted by atomic mass is 10.7. The third-order valence-electron chi connectivity index (χ3n) is 1.46. The fourth-order valence-electron chi connectivity index (χ4n) is 0.239. The Morgan fingerprint density at radius 3 is 1.15 bits per heavy atom. The first-order valence-electron chi connectivity index (χ1n) is 4.53. The minimum Gasteiger partial charge on any atom is -0.310 e. The predicted molar refractivity (Wildman–Crippen MR) is 57.3 cm³/mol. The van der Waals surface area contributed by atoms with Crippen molar-refractivity contribution in [3.05, 3.63) is 0 Å². The average Bonchev–Trinajstić information content (AvgIpc) is 2.13. The van der Waals surface area contributed by atoms with E-state index in [1.165, 1.54) is 0 Å². The smallest absolute Gasteiger partial charge is 0.310 e. The summed E-state index contributed by atoms with van der Waals surface area (Å²) in [5.74, 6) is 0. The SMILES string of the molecule is CCN(C)C.O=S(=O)(NS(=O)(=O)C(F)(F)F)C(F)(F)F. The molecule has 0 saturated carbocycles.